The van der Waals surface area contributed by atoms with Crippen molar-refractivity contribution in [3.05, 3.63) is 17.5 Å². The van der Waals surface area contributed by atoms with E-state index >= 15 is 0 Å². The molecule has 0 saturated heterocycles. The third kappa shape index (κ3) is 4.06. The zero-order chi connectivity index (χ0) is 13.7. The highest BCUT2D eigenvalue weighted by Gasteiger charge is 2.28. The summed E-state index contributed by atoms with van der Waals surface area (Å²) in [5.74, 6) is 0.516. The molecule has 2 rings (SSSR count). The average molecular weight is 264 g/mol. The molecule has 0 aromatic carbocycles. The van der Waals surface area contributed by atoms with Gasteiger partial charge in [-0.25, -0.2) is 0 Å². The molecule has 0 aliphatic heterocycles. The van der Waals surface area contributed by atoms with Gasteiger partial charge in [-0.2, -0.15) is 5.10 Å². The van der Waals surface area contributed by atoms with Gasteiger partial charge < -0.3 is 10.6 Å². The Kier molecular flexibility index (Phi) is 4.96. The number of aryl methyl sites for hydroxylation is 2. The number of aromatic nitrogens is 2. The van der Waals surface area contributed by atoms with E-state index in [1.54, 1.807) is 0 Å². The van der Waals surface area contributed by atoms with Gasteiger partial charge in [-0.05, 0) is 32.3 Å². The second kappa shape index (κ2) is 6.70. The second-order valence-corrected chi connectivity index (χ2v) is 5.04. The van der Waals surface area contributed by atoms with Crippen LogP contribution in [0, 0.1) is 5.92 Å². The number of hydrogen-bond donors (Lipinski definition) is 2. The first-order valence-corrected chi connectivity index (χ1v) is 7.28. The molecule has 5 heteroatoms. The van der Waals surface area contributed by atoms with Crippen LogP contribution in [0.1, 0.15) is 38.1 Å². The number of amides is 1. The fourth-order valence-electron chi connectivity index (χ4n) is 2.08. The molecule has 2 N–H and O–H groups in total. The second-order valence-electron chi connectivity index (χ2n) is 5.04. The summed E-state index contributed by atoms with van der Waals surface area (Å²) in [7, 11) is 0. The molecule has 1 aliphatic carbocycles. The van der Waals surface area contributed by atoms with Gasteiger partial charge in [-0.3, -0.25) is 9.48 Å². The molecule has 1 fully saturated rings. The van der Waals surface area contributed by atoms with Crippen LogP contribution in [0.4, 0.5) is 0 Å². The smallest absolute Gasteiger partial charge is 0.223 e. The van der Waals surface area contributed by atoms with Gasteiger partial charge in [0.2, 0.25) is 5.91 Å². The minimum Gasteiger partial charge on any atom is -0.355 e. The Bertz CT molecular complexity index is 423. The van der Waals surface area contributed by atoms with Crippen molar-refractivity contribution in [3.63, 3.8) is 0 Å². The summed E-state index contributed by atoms with van der Waals surface area (Å²) in [5, 5.41) is 10.8. The van der Waals surface area contributed by atoms with Crippen LogP contribution in [0.3, 0.4) is 0 Å². The molecular formula is C14H24N4O. The standard InChI is InChI=1S/C14H24N4O/c1-3-12-9-13(18(4-2)17-12)10-15-7-8-16-14(19)11-5-6-11/h9,11,15H,3-8,10H2,1-2H3,(H,16,19). The lowest BCUT2D eigenvalue weighted by Gasteiger charge is -2.07. The summed E-state index contributed by atoms with van der Waals surface area (Å²) < 4.78 is 2.04. The Labute approximate surface area is 114 Å². The van der Waals surface area contributed by atoms with Crippen LogP contribution in [-0.2, 0) is 24.3 Å². The lowest BCUT2D eigenvalue weighted by Crippen LogP contribution is -2.32. The lowest BCUT2D eigenvalue weighted by atomic mass is 10.3. The van der Waals surface area contributed by atoms with E-state index in [0.717, 1.165) is 44.6 Å². The molecule has 0 spiro atoms. The maximum absolute atomic E-state index is 11.4. The highest BCUT2D eigenvalue weighted by atomic mass is 16.2. The number of nitrogens with one attached hydrogen (secondary N) is 2. The van der Waals surface area contributed by atoms with Crippen LogP contribution in [0.15, 0.2) is 6.07 Å². The first-order chi connectivity index (χ1) is 9.24. The Morgan fingerprint density at radius 1 is 1.42 bits per heavy atom. The van der Waals surface area contributed by atoms with Crippen molar-refractivity contribution < 1.29 is 4.79 Å². The van der Waals surface area contributed by atoms with Gasteiger partial charge in [0, 0.05) is 32.1 Å². The average Bonchev–Trinajstić information content (AvgIpc) is 3.19. The molecular weight excluding hydrogens is 240 g/mol. The monoisotopic (exact) mass is 264 g/mol. The number of carbonyl (C=O) groups is 1. The number of hydrogen-bond acceptors (Lipinski definition) is 3. The zero-order valence-corrected chi connectivity index (χ0v) is 11.9. The van der Waals surface area contributed by atoms with E-state index in [0.29, 0.717) is 12.5 Å². The topological polar surface area (TPSA) is 58.9 Å². The summed E-state index contributed by atoms with van der Waals surface area (Å²) in [4.78, 5) is 11.4. The lowest BCUT2D eigenvalue weighted by molar-refractivity contribution is -0.122. The molecule has 1 aromatic rings. The number of nitrogens with zero attached hydrogens (tertiary/aromatic N) is 2. The van der Waals surface area contributed by atoms with Crippen molar-refractivity contribution in [3.8, 4) is 0 Å². The fourth-order valence-corrected chi connectivity index (χ4v) is 2.08. The van der Waals surface area contributed by atoms with Gasteiger partial charge in [-0.1, -0.05) is 6.92 Å². The van der Waals surface area contributed by atoms with Crippen molar-refractivity contribution in [2.45, 2.75) is 46.2 Å². The first-order valence-electron chi connectivity index (χ1n) is 7.28. The third-order valence-electron chi connectivity index (χ3n) is 3.43. The molecule has 0 bridgehead atoms. The van der Waals surface area contributed by atoms with E-state index < -0.39 is 0 Å². The molecule has 1 aromatic heterocycles. The van der Waals surface area contributed by atoms with E-state index in [1.165, 1.54) is 5.69 Å². The van der Waals surface area contributed by atoms with E-state index in [2.05, 4.69) is 35.6 Å². The molecule has 19 heavy (non-hydrogen) atoms. The Morgan fingerprint density at radius 3 is 2.84 bits per heavy atom. The van der Waals surface area contributed by atoms with Crippen molar-refractivity contribution in [1.29, 1.82) is 0 Å². The predicted molar refractivity (Wildman–Crippen MR) is 74.7 cm³/mol. The van der Waals surface area contributed by atoms with Crippen molar-refractivity contribution in [2.75, 3.05) is 13.1 Å². The van der Waals surface area contributed by atoms with Gasteiger partial charge in [-0.15, -0.1) is 0 Å². The maximum Gasteiger partial charge on any atom is 0.223 e. The zero-order valence-electron chi connectivity index (χ0n) is 11.9. The molecule has 106 valence electrons. The van der Waals surface area contributed by atoms with Crippen LogP contribution >= 0.6 is 0 Å². The molecule has 1 saturated carbocycles. The SMILES string of the molecule is CCc1cc(CNCCNC(=O)C2CC2)n(CC)n1. The normalized spacial score (nSPS) is 14.6. The molecule has 1 heterocycles. The summed E-state index contributed by atoms with van der Waals surface area (Å²) in [5.41, 5.74) is 2.36. The van der Waals surface area contributed by atoms with Gasteiger partial charge in [0.15, 0.2) is 0 Å². The summed E-state index contributed by atoms with van der Waals surface area (Å²) in [6, 6.07) is 2.15. The number of carbonyl (C=O) groups excluding carboxylic acids is 1. The number of rotatable bonds is 8. The molecule has 5 nitrogen and oxygen atoms in total. The highest BCUT2D eigenvalue weighted by molar-refractivity contribution is 5.80. The highest BCUT2D eigenvalue weighted by Crippen LogP contribution is 2.28. The first kappa shape index (κ1) is 14.1. The summed E-state index contributed by atoms with van der Waals surface area (Å²) in [6.45, 7) is 7.43. The predicted octanol–water partition coefficient (Wildman–Crippen LogP) is 1.08. The molecule has 1 aliphatic rings. The quantitative estimate of drug-likeness (QED) is 0.691. The van der Waals surface area contributed by atoms with E-state index in [-0.39, 0.29) is 5.91 Å². The Balaban J connectivity index is 1.66. The van der Waals surface area contributed by atoms with Crippen LogP contribution in [0.25, 0.3) is 0 Å². The minimum atomic E-state index is 0.216. The third-order valence-corrected chi connectivity index (χ3v) is 3.43. The van der Waals surface area contributed by atoms with Crippen LogP contribution in [0.5, 0.6) is 0 Å². The molecule has 1 amide bonds. The largest absolute Gasteiger partial charge is 0.355 e. The van der Waals surface area contributed by atoms with Crippen molar-refractivity contribution >= 4 is 5.91 Å². The van der Waals surface area contributed by atoms with Gasteiger partial charge in [0.1, 0.15) is 0 Å². The molecule has 0 radical (unpaired) electrons. The van der Waals surface area contributed by atoms with E-state index in [9.17, 15) is 4.79 Å². The van der Waals surface area contributed by atoms with E-state index in [1.807, 2.05) is 4.68 Å². The van der Waals surface area contributed by atoms with Crippen LogP contribution in [-0.4, -0.2) is 28.8 Å². The van der Waals surface area contributed by atoms with E-state index in [4.69, 9.17) is 0 Å². The van der Waals surface area contributed by atoms with Crippen molar-refractivity contribution in [1.82, 2.24) is 20.4 Å². The Hall–Kier alpha value is -1.36. The van der Waals surface area contributed by atoms with Gasteiger partial charge in [0.25, 0.3) is 0 Å². The minimum absolute atomic E-state index is 0.216. The maximum atomic E-state index is 11.4. The fraction of sp³-hybridized carbons (Fsp3) is 0.714. The van der Waals surface area contributed by atoms with Gasteiger partial charge >= 0.3 is 0 Å². The molecule has 0 atom stereocenters. The Morgan fingerprint density at radius 2 is 2.21 bits per heavy atom. The molecule has 0 unspecified atom stereocenters. The summed E-state index contributed by atoms with van der Waals surface area (Å²) in [6.07, 6.45) is 3.10. The van der Waals surface area contributed by atoms with Crippen molar-refractivity contribution in [2.24, 2.45) is 5.92 Å². The van der Waals surface area contributed by atoms with Crippen LogP contribution < -0.4 is 10.6 Å². The summed E-state index contributed by atoms with van der Waals surface area (Å²) >= 11 is 0. The van der Waals surface area contributed by atoms with Crippen LogP contribution in [0.2, 0.25) is 0 Å². The van der Waals surface area contributed by atoms with Gasteiger partial charge in [0.05, 0.1) is 11.4 Å².